The smallest absolute Gasteiger partial charge is 0.362 e. The van der Waals surface area contributed by atoms with Gasteiger partial charge in [-0.2, -0.15) is 4.68 Å². The van der Waals surface area contributed by atoms with E-state index in [1.807, 2.05) is 6.92 Å². The van der Waals surface area contributed by atoms with Gasteiger partial charge in [-0.15, -0.1) is 5.10 Å². The predicted octanol–water partition coefficient (Wildman–Crippen LogP) is 1.99. The number of nitrogens with zero attached hydrogens (tertiary/aromatic N) is 3. The second-order valence-electron chi connectivity index (χ2n) is 3.84. The van der Waals surface area contributed by atoms with E-state index in [9.17, 15) is 4.79 Å². The number of halogens is 1. The number of ether oxygens (including phenoxy) is 1. The highest BCUT2D eigenvalue weighted by Crippen LogP contribution is 2.24. The molecule has 0 aliphatic rings. The van der Waals surface area contributed by atoms with Crippen LogP contribution in [-0.4, -0.2) is 27.6 Å². The zero-order valence-electron chi connectivity index (χ0n) is 10.6. The van der Waals surface area contributed by atoms with Crippen molar-refractivity contribution in [2.45, 2.75) is 13.8 Å². The highest BCUT2D eigenvalue weighted by Gasteiger charge is 2.20. The molecule has 19 heavy (non-hydrogen) atoms. The lowest BCUT2D eigenvalue weighted by Gasteiger charge is -2.08. The number of esters is 1. The third-order valence-corrected chi connectivity index (χ3v) is 3.05. The van der Waals surface area contributed by atoms with E-state index in [0.29, 0.717) is 10.7 Å². The molecule has 0 spiro atoms. The first-order valence-electron chi connectivity index (χ1n) is 5.70. The maximum Gasteiger partial charge on any atom is 0.362 e. The minimum Gasteiger partial charge on any atom is -0.461 e. The number of carbonyl (C=O) groups is 1. The van der Waals surface area contributed by atoms with Gasteiger partial charge >= 0.3 is 5.97 Å². The van der Waals surface area contributed by atoms with E-state index in [1.54, 1.807) is 25.1 Å². The first-order chi connectivity index (χ1) is 9.06. The number of hydrogen-bond acceptors (Lipinski definition) is 5. The Morgan fingerprint density at radius 1 is 1.53 bits per heavy atom. The molecule has 7 heteroatoms. The van der Waals surface area contributed by atoms with E-state index in [4.69, 9.17) is 22.1 Å². The summed E-state index contributed by atoms with van der Waals surface area (Å²) in [6, 6.07) is 5.33. The summed E-state index contributed by atoms with van der Waals surface area (Å²) in [6.07, 6.45) is 0. The Labute approximate surface area is 115 Å². The van der Waals surface area contributed by atoms with Crippen molar-refractivity contribution >= 4 is 23.4 Å². The van der Waals surface area contributed by atoms with Crippen LogP contribution in [0.2, 0.25) is 5.02 Å². The molecule has 2 N–H and O–H groups in total. The Bertz CT molecular complexity index is 624. The topological polar surface area (TPSA) is 83.0 Å². The summed E-state index contributed by atoms with van der Waals surface area (Å²) in [5.41, 5.74) is 7.36. The molecule has 0 fully saturated rings. The number of aromatic nitrogens is 3. The Morgan fingerprint density at radius 2 is 2.26 bits per heavy atom. The molecule has 100 valence electrons. The SMILES string of the molecule is CCOC(=O)c1nnn(-c2cccc(Cl)c2C)c1N. The van der Waals surface area contributed by atoms with Gasteiger partial charge in [0.05, 0.1) is 12.3 Å². The number of nitrogens with two attached hydrogens (primary N) is 1. The van der Waals surface area contributed by atoms with Crippen LogP contribution in [-0.2, 0) is 4.74 Å². The summed E-state index contributed by atoms with van der Waals surface area (Å²) in [6.45, 7) is 3.80. The molecule has 1 heterocycles. The summed E-state index contributed by atoms with van der Waals surface area (Å²) in [5, 5.41) is 8.21. The van der Waals surface area contributed by atoms with Crippen molar-refractivity contribution < 1.29 is 9.53 Å². The third kappa shape index (κ3) is 2.39. The van der Waals surface area contributed by atoms with Crippen LogP contribution in [0.25, 0.3) is 5.69 Å². The first kappa shape index (κ1) is 13.4. The van der Waals surface area contributed by atoms with Gasteiger partial charge in [0, 0.05) is 5.02 Å². The van der Waals surface area contributed by atoms with Crippen molar-refractivity contribution in [1.29, 1.82) is 0 Å². The van der Waals surface area contributed by atoms with Gasteiger partial charge in [0.25, 0.3) is 0 Å². The van der Waals surface area contributed by atoms with Gasteiger partial charge in [-0.3, -0.25) is 0 Å². The predicted molar refractivity (Wildman–Crippen MR) is 71.5 cm³/mol. The van der Waals surface area contributed by atoms with E-state index in [0.717, 1.165) is 5.56 Å². The number of rotatable bonds is 3. The average molecular weight is 281 g/mol. The van der Waals surface area contributed by atoms with Crippen LogP contribution >= 0.6 is 11.6 Å². The fraction of sp³-hybridized carbons (Fsp3) is 0.250. The third-order valence-electron chi connectivity index (χ3n) is 2.64. The summed E-state index contributed by atoms with van der Waals surface area (Å²) >= 11 is 6.04. The largest absolute Gasteiger partial charge is 0.461 e. The molecule has 6 nitrogen and oxygen atoms in total. The molecule has 0 atom stereocenters. The molecule has 0 aliphatic heterocycles. The van der Waals surface area contributed by atoms with Crippen molar-refractivity contribution in [2.75, 3.05) is 12.3 Å². The van der Waals surface area contributed by atoms with Crippen LogP contribution in [0.15, 0.2) is 18.2 Å². The molecule has 2 rings (SSSR count). The van der Waals surface area contributed by atoms with Crippen molar-refractivity contribution in [3.8, 4) is 5.69 Å². The van der Waals surface area contributed by atoms with E-state index in [1.165, 1.54) is 4.68 Å². The second-order valence-corrected chi connectivity index (χ2v) is 4.25. The van der Waals surface area contributed by atoms with Crippen LogP contribution < -0.4 is 5.73 Å². The van der Waals surface area contributed by atoms with Crippen molar-refractivity contribution in [3.63, 3.8) is 0 Å². The van der Waals surface area contributed by atoms with E-state index >= 15 is 0 Å². The monoisotopic (exact) mass is 280 g/mol. The molecule has 1 aromatic carbocycles. The molecule has 0 amide bonds. The highest BCUT2D eigenvalue weighted by molar-refractivity contribution is 6.31. The van der Waals surface area contributed by atoms with Gasteiger partial charge in [0.15, 0.2) is 5.82 Å². The molecule has 0 bridgehead atoms. The van der Waals surface area contributed by atoms with Gasteiger partial charge in [0.1, 0.15) is 0 Å². The van der Waals surface area contributed by atoms with E-state index in [-0.39, 0.29) is 18.1 Å². The summed E-state index contributed by atoms with van der Waals surface area (Å²) in [4.78, 5) is 11.6. The lowest BCUT2D eigenvalue weighted by atomic mass is 10.2. The fourth-order valence-electron chi connectivity index (χ4n) is 1.64. The van der Waals surface area contributed by atoms with Gasteiger partial charge in [-0.05, 0) is 31.5 Å². The standard InChI is InChI=1S/C12H13ClN4O2/c1-3-19-12(18)10-11(14)17(16-15-10)9-6-4-5-8(13)7(9)2/h4-6H,3,14H2,1-2H3. The maximum absolute atomic E-state index is 11.6. The second kappa shape index (κ2) is 5.27. The number of hydrogen-bond donors (Lipinski definition) is 1. The van der Waals surface area contributed by atoms with E-state index < -0.39 is 5.97 Å². The van der Waals surface area contributed by atoms with Gasteiger partial charge in [-0.1, -0.05) is 22.9 Å². The van der Waals surface area contributed by atoms with Crippen LogP contribution in [0.3, 0.4) is 0 Å². The van der Waals surface area contributed by atoms with Crippen LogP contribution in [0, 0.1) is 6.92 Å². The lowest BCUT2D eigenvalue weighted by molar-refractivity contribution is 0.0520. The molecule has 0 unspecified atom stereocenters. The minimum absolute atomic E-state index is 0.00113. The first-order valence-corrected chi connectivity index (χ1v) is 6.07. The number of nitrogen functional groups attached to an aromatic ring is 1. The molecule has 0 saturated carbocycles. The van der Waals surface area contributed by atoms with Gasteiger partial charge in [-0.25, -0.2) is 4.79 Å². The van der Waals surface area contributed by atoms with Crippen LogP contribution in [0.1, 0.15) is 23.0 Å². The molecule has 0 radical (unpaired) electrons. The molecule has 1 aromatic heterocycles. The van der Waals surface area contributed by atoms with Crippen molar-refractivity contribution in [1.82, 2.24) is 15.0 Å². The number of benzene rings is 1. The van der Waals surface area contributed by atoms with Crippen molar-refractivity contribution in [2.24, 2.45) is 0 Å². The molecular formula is C12H13ClN4O2. The van der Waals surface area contributed by atoms with Gasteiger partial charge in [0.2, 0.25) is 5.69 Å². The van der Waals surface area contributed by atoms with E-state index in [2.05, 4.69) is 10.3 Å². The van der Waals surface area contributed by atoms with Crippen LogP contribution in [0.5, 0.6) is 0 Å². The Balaban J connectivity index is 2.48. The number of carbonyl (C=O) groups excluding carboxylic acids is 1. The normalized spacial score (nSPS) is 10.5. The summed E-state index contributed by atoms with van der Waals surface area (Å²) in [5.74, 6) is -0.463. The zero-order chi connectivity index (χ0) is 14.0. The van der Waals surface area contributed by atoms with Crippen LogP contribution in [0.4, 0.5) is 5.82 Å². The molecular weight excluding hydrogens is 268 g/mol. The molecule has 0 aliphatic carbocycles. The Morgan fingerprint density at radius 3 is 2.95 bits per heavy atom. The average Bonchev–Trinajstić information content (AvgIpc) is 2.75. The van der Waals surface area contributed by atoms with Gasteiger partial charge < -0.3 is 10.5 Å². The summed E-state index contributed by atoms with van der Waals surface area (Å²) < 4.78 is 6.22. The Hall–Kier alpha value is -2.08. The fourth-order valence-corrected chi connectivity index (χ4v) is 1.81. The quantitative estimate of drug-likeness (QED) is 0.869. The minimum atomic E-state index is -0.592. The van der Waals surface area contributed by atoms with Crippen molar-refractivity contribution in [3.05, 3.63) is 34.5 Å². The molecule has 2 aromatic rings. The zero-order valence-corrected chi connectivity index (χ0v) is 11.3. The number of anilines is 1. The summed E-state index contributed by atoms with van der Waals surface area (Å²) in [7, 11) is 0. The highest BCUT2D eigenvalue weighted by atomic mass is 35.5. The Kier molecular flexibility index (Phi) is 3.71. The molecule has 0 saturated heterocycles. The lowest BCUT2D eigenvalue weighted by Crippen LogP contribution is -2.10. The maximum atomic E-state index is 11.6.